The Balaban J connectivity index is 2.03. The van der Waals surface area contributed by atoms with E-state index in [1.807, 2.05) is 13.8 Å². The molecule has 0 aliphatic carbocycles. The van der Waals surface area contributed by atoms with Gasteiger partial charge in [-0.3, -0.25) is 0 Å². The number of nitrogens with two attached hydrogens (primary N) is 1. The van der Waals surface area contributed by atoms with Gasteiger partial charge in [0.05, 0.1) is 14.9 Å². The normalized spacial score (nSPS) is 11.5. The summed E-state index contributed by atoms with van der Waals surface area (Å²) in [5, 5.41) is 5.82. The summed E-state index contributed by atoms with van der Waals surface area (Å²) in [7, 11) is -3.80. The van der Waals surface area contributed by atoms with Crippen LogP contribution in [0.25, 0.3) is 11.1 Å². The largest absolute Gasteiger partial charge is 0.422 e. The maximum atomic E-state index is 12.9. The predicted octanol–water partition coefficient (Wildman–Crippen LogP) is 5.46. The molecule has 0 fully saturated rings. The average Bonchev–Trinajstić information content (AvgIpc) is 3.00. The molecule has 0 saturated carbocycles. The Hall–Kier alpha value is -1.90. The van der Waals surface area contributed by atoms with E-state index in [1.54, 1.807) is 24.3 Å². The van der Waals surface area contributed by atoms with Gasteiger partial charge in [-0.25, -0.2) is 18.4 Å². The lowest BCUT2D eigenvalue weighted by Gasteiger charge is -2.08. The number of sulfonamides is 1. The van der Waals surface area contributed by atoms with Crippen molar-refractivity contribution in [2.75, 3.05) is 0 Å². The Morgan fingerprint density at radius 1 is 1.10 bits per heavy atom. The molecule has 3 aromatic rings. The van der Waals surface area contributed by atoms with Crippen LogP contribution in [0.1, 0.15) is 27.0 Å². The highest BCUT2D eigenvalue weighted by molar-refractivity contribution is 7.89. The topological polar surface area (TPSA) is 86.5 Å². The lowest BCUT2D eigenvalue weighted by atomic mass is 10.0. The second kappa shape index (κ2) is 8.45. The first-order valence-electron chi connectivity index (χ1n) is 8.54. The number of hydrogen-bond acceptors (Lipinski definition) is 5. The summed E-state index contributed by atoms with van der Waals surface area (Å²) in [6.45, 7) is 3.93. The summed E-state index contributed by atoms with van der Waals surface area (Å²) in [4.78, 5) is 14.4. The van der Waals surface area contributed by atoms with Gasteiger partial charge in [-0.05, 0) is 48.7 Å². The van der Waals surface area contributed by atoms with Crippen molar-refractivity contribution in [3.8, 4) is 16.9 Å². The summed E-state index contributed by atoms with van der Waals surface area (Å²) >= 11 is 13.2. The van der Waals surface area contributed by atoms with Gasteiger partial charge in [0.15, 0.2) is 0 Å². The van der Waals surface area contributed by atoms with Crippen LogP contribution in [0.15, 0.2) is 47.4 Å². The molecule has 29 heavy (non-hydrogen) atoms. The number of ether oxygens (including phenoxy) is 1. The molecule has 0 bridgehead atoms. The molecule has 9 heteroatoms. The van der Waals surface area contributed by atoms with E-state index in [1.165, 1.54) is 29.5 Å². The lowest BCUT2D eigenvalue weighted by Crippen LogP contribution is -2.12. The van der Waals surface area contributed by atoms with Crippen molar-refractivity contribution >= 4 is 50.5 Å². The fourth-order valence-corrected chi connectivity index (χ4v) is 4.84. The molecule has 0 aliphatic heterocycles. The predicted molar refractivity (Wildman–Crippen MR) is 117 cm³/mol. The van der Waals surface area contributed by atoms with Crippen molar-refractivity contribution < 1.29 is 17.9 Å². The molecule has 2 N–H and O–H groups in total. The SMILES string of the molecule is CCc1sc(C(=O)Oc2ccc(Cl)c(Cl)c2)c(-c2ccc(S(N)(=O)=O)cc2)c1C. The molecule has 3 rings (SSSR count). The maximum Gasteiger partial charge on any atom is 0.354 e. The summed E-state index contributed by atoms with van der Waals surface area (Å²) in [6, 6.07) is 10.7. The van der Waals surface area contributed by atoms with Crippen LogP contribution in [0.5, 0.6) is 5.75 Å². The fraction of sp³-hybridized carbons (Fsp3) is 0.150. The van der Waals surface area contributed by atoms with Gasteiger partial charge in [-0.15, -0.1) is 11.3 Å². The monoisotopic (exact) mass is 469 g/mol. The molecule has 0 aliphatic rings. The molecule has 0 unspecified atom stereocenters. The van der Waals surface area contributed by atoms with E-state index in [4.69, 9.17) is 33.1 Å². The Morgan fingerprint density at radius 2 is 1.76 bits per heavy atom. The van der Waals surface area contributed by atoms with Crippen LogP contribution in [0, 0.1) is 6.92 Å². The van der Waals surface area contributed by atoms with E-state index in [2.05, 4.69) is 0 Å². The van der Waals surface area contributed by atoms with Crippen molar-refractivity contribution in [1.29, 1.82) is 0 Å². The summed E-state index contributed by atoms with van der Waals surface area (Å²) in [6.07, 6.45) is 0.749. The molecule has 0 amide bonds. The minimum atomic E-state index is -3.80. The van der Waals surface area contributed by atoms with E-state index in [-0.39, 0.29) is 15.7 Å². The van der Waals surface area contributed by atoms with Crippen LogP contribution in [0.4, 0.5) is 0 Å². The minimum Gasteiger partial charge on any atom is -0.422 e. The second-order valence-corrected chi connectivity index (χ2v) is 9.72. The van der Waals surface area contributed by atoms with Crippen LogP contribution < -0.4 is 9.88 Å². The van der Waals surface area contributed by atoms with Crippen LogP contribution >= 0.6 is 34.5 Å². The second-order valence-electron chi connectivity index (χ2n) is 6.24. The number of aryl methyl sites for hydroxylation is 1. The zero-order valence-electron chi connectivity index (χ0n) is 15.5. The van der Waals surface area contributed by atoms with E-state index >= 15 is 0 Å². The van der Waals surface area contributed by atoms with Gasteiger partial charge in [-0.2, -0.15) is 0 Å². The Labute approximate surface area is 183 Å². The third-order valence-corrected chi connectivity index (χ3v) is 7.41. The van der Waals surface area contributed by atoms with E-state index in [0.29, 0.717) is 21.0 Å². The number of hydrogen-bond donors (Lipinski definition) is 1. The summed E-state index contributed by atoms with van der Waals surface area (Å²) in [5.74, 6) is -0.245. The molecule has 5 nitrogen and oxygen atoms in total. The van der Waals surface area contributed by atoms with Gasteiger partial charge in [0, 0.05) is 16.5 Å². The molecule has 1 aromatic heterocycles. The first-order valence-corrected chi connectivity index (χ1v) is 11.7. The summed E-state index contributed by atoms with van der Waals surface area (Å²) in [5.41, 5.74) is 2.35. The Bertz CT molecular complexity index is 1190. The number of primary sulfonamides is 1. The van der Waals surface area contributed by atoms with Crippen LogP contribution in [0.3, 0.4) is 0 Å². The lowest BCUT2D eigenvalue weighted by molar-refractivity contribution is 0.0740. The number of benzene rings is 2. The molecule has 0 radical (unpaired) electrons. The fourth-order valence-electron chi connectivity index (χ4n) is 2.89. The smallest absolute Gasteiger partial charge is 0.354 e. The quantitative estimate of drug-likeness (QED) is 0.396. The maximum absolute atomic E-state index is 12.9. The van der Waals surface area contributed by atoms with Gasteiger partial charge in [-0.1, -0.05) is 42.3 Å². The number of rotatable bonds is 5. The highest BCUT2D eigenvalue weighted by atomic mass is 35.5. The van der Waals surface area contributed by atoms with Gasteiger partial charge in [0.2, 0.25) is 10.0 Å². The first kappa shape index (κ1) is 21.8. The third kappa shape index (κ3) is 4.65. The molecule has 152 valence electrons. The van der Waals surface area contributed by atoms with Gasteiger partial charge >= 0.3 is 5.97 Å². The molecule has 0 spiro atoms. The van der Waals surface area contributed by atoms with Crippen LogP contribution in [-0.4, -0.2) is 14.4 Å². The third-order valence-electron chi connectivity index (χ3n) is 4.33. The van der Waals surface area contributed by atoms with Gasteiger partial charge < -0.3 is 4.74 Å². The minimum absolute atomic E-state index is 0.00443. The molecular weight excluding hydrogens is 453 g/mol. The van der Waals surface area contributed by atoms with E-state index in [9.17, 15) is 13.2 Å². The summed E-state index contributed by atoms with van der Waals surface area (Å²) < 4.78 is 28.5. The number of halogens is 2. The van der Waals surface area contributed by atoms with E-state index in [0.717, 1.165) is 16.9 Å². The first-order chi connectivity index (χ1) is 13.6. The highest BCUT2D eigenvalue weighted by Crippen LogP contribution is 2.38. The Morgan fingerprint density at radius 3 is 2.31 bits per heavy atom. The van der Waals surface area contributed by atoms with Crippen LogP contribution in [0.2, 0.25) is 10.0 Å². The Kier molecular flexibility index (Phi) is 6.36. The van der Waals surface area contributed by atoms with Crippen molar-refractivity contribution in [2.24, 2.45) is 5.14 Å². The number of carbonyl (C=O) groups is 1. The standard InChI is InChI=1S/C20H17Cl2NO4S2/c1-3-17-11(2)18(12-4-7-14(8-5-12)29(23,25)26)19(28-17)20(24)27-13-6-9-15(21)16(22)10-13/h4-10H,3H2,1-2H3,(H2,23,25,26). The molecule has 1 heterocycles. The molecule has 0 saturated heterocycles. The number of carbonyl (C=O) groups excluding carboxylic acids is 1. The van der Waals surface area contributed by atoms with Crippen LogP contribution in [-0.2, 0) is 16.4 Å². The van der Waals surface area contributed by atoms with Crippen molar-refractivity contribution in [2.45, 2.75) is 25.2 Å². The average molecular weight is 470 g/mol. The molecular formula is C20H17Cl2NO4S2. The number of esters is 1. The zero-order valence-corrected chi connectivity index (χ0v) is 18.7. The van der Waals surface area contributed by atoms with E-state index < -0.39 is 16.0 Å². The van der Waals surface area contributed by atoms with Crippen molar-refractivity contribution in [3.05, 3.63) is 67.8 Å². The van der Waals surface area contributed by atoms with Crippen molar-refractivity contribution in [1.82, 2.24) is 0 Å². The number of thiophene rings is 1. The zero-order chi connectivity index (χ0) is 21.3. The van der Waals surface area contributed by atoms with Gasteiger partial charge in [0.1, 0.15) is 10.6 Å². The van der Waals surface area contributed by atoms with Gasteiger partial charge in [0.25, 0.3) is 0 Å². The van der Waals surface area contributed by atoms with Crippen molar-refractivity contribution in [3.63, 3.8) is 0 Å². The molecule has 0 atom stereocenters. The highest BCUT2D eigenvalue weighted by Gasteiger charge is 2.23. The molecule has 2 aromatic carbocycles.